The number of methoxy groups -OCH3 is 1. The number of hydrogen-bond donors (Lipinski definition) is 1. The highest BCUT2D eigenvalue weighted by atomic mass is 16.5. The van der Waals surface area contributed by atoms with Gasteiger partial charge in [-0.3, -0.25) is 18.5 Å². The number of ether oxygens (including phenoxy) is 1. The lowest BCUT2D eigenvalue weighted by molar-refractivity contribution is 0.415. The van der Waals surface area contributed by atoms with Gasteiger partial charge in [-0.1, -0.05) is 60.7 Å². The predicted octanol–water partition coefficient (Wildman–Crippen LogP) is 3.84. The van der Waals surface area contributed by atoms with Crippen LogP contribution < -0.4 is 21.4 Å². The number of aromatic nitrogens is 4. The van der Waals surface area contributed by atoms with Gasteiger partial charge in [-0.15, -0.1) is 0 Å². The Kier molecular flexibility index (Phi) is 6.90. The molecule has 0 aliphatic heterocycles. The molecule has 38 heavy (non-hydrogen) atoms. The minimum absolute atomic E-state index is 0.163. The molecule has 0 unspecified atom stereocenters. The number of aryl methyl sites for hydroxylation is 1. The van der Waals surface area contributed by atoms with E-state index in [1.165, 1.54) is 9.13 Å². The average molecular weight is 509 g/mol. The Morgan fingerprint density at radius 2 is 1.45 bits per heavy atom. The van der Waals surface area contributed by atoms with Gasteiger partial charge in [-0.2, -0.15) is 10.1 Å². The van der Waals surface area contributed by atoms with Crippen molar-refractivity contribution in [3.63, 3.8) is 0 Å². The van der Waals surface area contributed by atoms with E-state index in [-0.39, 0.29) is 6.54 Å². The van der Waals surface area contributed by atoms with Gasteiger partial charge in [0.15, 0.2) is 11.2 Å². The molecule has 5 rings (SSSR count). The lowest BCUT2D eigenvalue weighted by atomic mass is 10.1. The molecule has 0 bridgehead atoms. The van der Waals surface area contributed by atoms with Crippen LogP contribution in [0.25, 0.3) is 11.2 Å². The number of anilines is 1. The summed E-state index contributed by atoms with van der Waals surface area (Å²) in [5, 5.41) is 4.54. The molecule has 0 saturated carbocycles. The molecular weight excluding hydrogens is 480 g/mol. The molecule has 0 aliphatic carbocycles. The van der Waals surface area contributed by atoms with Gasteiger partial charge in [0.05, 0.1) is 25.9 Å². The van der Waals surface area contributed by atoms with Crippen molar-refractivity contribution in [2.24, 2.45) is 12.1 Å². The molecular formula is C29H28N6O3. The minimum Gasteiger partial charge on any atom is -0.497 e. The third kappa shape index (κ3) is 4.86. The standard InChI is InChI=1S/C29H28N6O3/c1-20(23-14-16-24(38-3)17-15-23)31-32-28-30-26-25(34(28)18-21-10-6-4-7-11-21)27(36)35(29(37)33(26)2)19-22-12-8-5-9-13-22/h4-17H,18-19H2,1-3H3,(H,30,32). The summed E-state index contributed by atoms with van der Waals surface area (Å²) in [5.41, 5.74) is 6.29. The normalized spacial score (nSPS) is 11.6. The maximum atomic E-state index is 13.8. The summed E-state index contributed by atoms with van der Waals surface area (Å²) in [6.07, 6.45) is 0. The molecule has 9 heteroatoms. The molecule has 2 heterocycles. The number of nitrogens with one attached hydrogen (secondary N) is 1. The van der Waals surface area contributed by atoms with Crippen LogP contribution in [0.4, 0.5) is 5.95 Å². The summed E-state index contributed by atoms with van der Waals surface area (Å²) in [4.78, 5) is 31.6. The van der Waals surface area contributed by atoms with E-state index in [1.54, 1.807) is 18.7 Å². The summed E-state index contributed by atoms with van der Waals surface area (Å²) < 4.78 is 9.67. The number of hydrogen-bond acceptors (Lipinski definition) is 6. The molecule has 1 N–H and O–H groups in total. The van der Waals surface area contributed by atoms with Crippen molar-refractivity contribution in [3.05, 3.63) is 122 Å². The molecule has 192 valence electrons. The molecule has 3 aromatic carbocycles. The van der Waals surface area contributed by atoms with E-state index in [4.69, 9.17) is 4.74 Å². The van der Waals surface area contributed by atoms with Gasteiger partial charge in [-0.25, -0.2) is 10.2 Å². The Morgan fingerprint density at radius 1 is 0.868 bits per heavy atom. The van der Waals surface area contributed by atoms with Crippen LogP contribution in [0.1, 0.15) is 23.6 Å². The smallest absolute Gasteiger partial charge is 0.332 e. The van der Waals surface area contributed by atoms with Crippen LogP contribution in [-0.4, -0.2) is 31.5 Å². The van der Waals surface area contributed by atoms with E-state index in [1.807, 2.05) is 91.9 Å². The fourth-order valence-corrected chi connectivity index (χ4v) is 4.31. The van der Waals surface area contributed by atoms with E-state index >= 15 is 0 Å². The van der Waals surface area contributed by atoms with Crippen molar-refractivity contribution in [1.82, 2.24) is 18.7 Å². The highest BCUT2D eigenvalue weighted by molar-refractivity contribution is 5.99. The van der Waals surface area contributed by atoms with Gasteiger partial charge in [0.25, 0.3) is 5.56 Å². The fraction of sp³-hybridized carbons (Fsp3) is 0.172. The summed E-state index contributed by atoms with van der Waals surface area (Å²) in [7, 11) is 3.25. The third-order valence-electron chi connectivity index (χ3n) is 6.43. The zero-order valence-electron chi connectivity index (χ0n) is 21.5. The van der Waals surface area contributed by atoms with Crippen molar-refractivity contribution in [2.45, 2.75) is 20.0 Å². The quantitative estimate of drug-likeness (QED) is 0.254. The van der Waals surface area contributed by atoms with Gasteiger partial charge in [0, 0.05) is 7.05 Å². The Morgan fingerprint density at radius 3 is 2.03 bits per heavy atom. The van der Waals surface area contributed by atoms with Crippen LogP contribution in [-0.2, 0) is 20.1 Å². The second-order valence-corrected chi connectivity index (χ2v) is 8.94. The SMILES string of the molecule is COc1ccc(C(C)=NNc2nc3c(c(=O)n(Cc4ccccc4)c(=O)n3C)n2Cc2ccccc2)cc1. The van der Waals surface area contributed by atoms with Gasteiger partial charge in [-0.05, 0) is 47.9 Å². The van der Waals surface area contributed by atoms with E-state index in [2.05, 4.69) is 15.5 Å². The molecule has 0 saturated heterocycles. The maximum absolute atomic E-state index is 13.8. The van der Waals surface area contributed by atoms with Crippen molar-refractivity contribution >= 4 is 22.8 Å². The van der Waals surface area contributed by atoms with Gasteiger partial charge < -0.3 is 4.74 Å². The highest BCUT2D eigenvalue weighted by Crippen LogP contribution is 2.19. The van der Waals surface area contributed by atoms with Crippen LogP contribution in [0.2, 0.25) is 0 Å². The fourth-order valence-electron chi connectivity index (χ4n) is 4.31. The molecule has 5 aromatic rings. The molecule has 2 aromatic heterocycles. The zero-order chi connectivity index (χ0) is 26.6. The molecule has 9 nitrogen and oxygen atoms in total. The van der Waals surface area contributed by atoms with Crippen LogP contribution in [0.5, 0.6) is 5.75 Å². The number of rotatable bonds is 8. The van der Waals surface area contributed by atoms with Crippen molar-refractivity contribution in [2.75, 3.05) is 12.5 Å². The van der Waals surface area contributed by atoms with Crippen molar-refractivity contribution in [1.29, 1.82) is 0 Å². The van der Waals surface area contributed by atoms with Crippen LogP contribution in [0, 0.1) is 0 Å². The first-order valence-corrected chi connectivity index (χ1v) is 12.2. The second-order valence-electron chi connectivity index (χ2n) is 8.94. The summed E-state index contributed by atoms with van der Waals surface area (Å²) in [5.74, 6) is 1.12. The van der Waals surface area contributed by atoms with Gasteiger partial charge in [0.1, 0.15) is 5.75 Å². The van der Waals surface area contributed by atoms with E-state index in [0.29, 0.717) is 23.7 Å². The summed E-state index contributed by atoms with van der Waals surface area (Å²) in [6.45, 7) is 2.41. The molecule has 0 spiro atoms. The Balaban J connectivity index is 1.62. The molecule has 0 radical (unpaired) electrons. The van der Waals surface area contributed by atoms with Crippen molar-refractivity contribution < 1.29 is 4.74 Å². The van der Waals surface area contributed by atoms with Crippen LogP contribution >= 0.6 is 0 Å². The Hall–Kier alpha value is -4.92. The van der Waals surface area contributed by atoms with E-state index in [9.17, 15) is 9.59 Å². The number of benzene rings is 3. The number of nitrogens with zero attached hydrogens (tertiary/aromatic N) is 5. The summed E-state index contributed by atoms with van der Waals surface area (Å²) in [6, 6.07) is 26.8. The number of fused-ring (bicyclic) bond motifs is 1. The first-order valence-electron chi connectivity index (χ1n) is 12.2. The predicted molar refractivity (Wildman–Crippen MR) is 149 cm³/mol. The lowest BCUT2D eigenvalue weighted by Crippen LogP contribution is -2.40. The number of imidazole rings is 1. The largest absolute Gasteiger partial charge is 0.497 e. The topological polar surface area (TPSA) is 95.4 Å². The second kappa shape index (κ2) is 10.6. The Bertz CT molecular complexity index is 1720. The highest BCUT2D eigenvalue weighted by Gasteiger charge is 2.21. The molecule has 0 atom stereocenters. The monoisotopic (exact) mass is 508 g/mol. The zero-order valence-corrected chi connectivity index (χ0v) is 21.5. The van der Waals surface area contributed by atoms with E-state index < -0.39 is 11.2 Å². The van der Waals surface area contributed by atoms with E-state index in [0.717, 1.165) is 28.2 Å². The number of hydrazone groups is 1. The first-order chi connectivity index (χ1) is 18.5. The van der Waals surface area contributed by atoms with Gasteiger partial charge in [0.2, 0.25) is 5.95 Å². The molecule has 0 amide bonds. The van der Waals surface area contributed by atoms with Crippen LogP contribution in [0.15, 0.2) is 99.6 Å². The minimum atomic E-state index is -0.430. The average Bonchev–Trinajstić information content (AvgIpc) is 3.32. The molecule has 0 fully saturated rings. The lowest BCUT2D eigenvalue weighted by Gasteiger charge is -2.11. The van der Waals surface area contributed by atoms with Crippen LogP contribution in [0.3, 0.4) is 0 Å². The van der Waals surface area contributed by atoms with Gasteiger partial charge >= 0.3 is 5.69 Å². The third-order valence-corrected chi connectivity index (χ3v) is 6.43. The summed E-state index contributed by atoms with van der Waals surface area (Å²) >= 11 is 0. The maximum Gasteiger partial charge on any atom is 0.332 e. The molecule has 0 aliphatic rings. The first kappa shape index (κ1) is 24.8. The Labute approximate surface area is 219 Å². The van der Waals surface area contributed by atoms with Crippen molar-refractivity contribution in [3.8, 4) is 5.75 Å².